The molecule has 1 heterocycles. The molecule has 1 saturated heterocycles. The van der Waals surface area contributed by atoms with Crippen LogP contribution < -0.4 is 5.32 Å². The van der Waals surface area contributed by atoms with Crippen molar-refractivity contribution < 1.29 is 4.79 Å². The zero-order chi connectivity index (χ0) is 13.8. The molecule has 0 saturated carbocycles. The molecule has 0 radical (unpaired) electrons. The molecule has 0 aromatic heterocycles. The highest BCUT2D eigenvalue weighted by atomic mass is 32.1. The van der Waals surface area contributed by atoms with E-state index in [1.54, 1.807) is 0 Å². The third-order valence-electron chi connectivity index (χ3n) is 3.73. The molecule has 104 valence electrons. The summed E-state index contributed by atoms with van der Waals surface area (Å²) in [7, 11) is 0. The Labute approximate surface area is 120 Å². The van der Waals surface area contributed by atoms with Crippen LogP contribution in [-0.4, -0.2) is 36.5 Å². The molecule has 1 aromatic rings. The van der Waals surface area contributed by atoms with Gasteiger partial charge in [0.15, 0.2) is 0 Å². The van der Waals surface area contributed by atoms with Gasteiger partial charge in [0.2, 0.25) is 0 Å². The van der Waals surface area contributed by atoms with Gasteiger partial charge in [0.05, 0.1) is 0 Å². The molecule has 1 unspecified atom stereocenters. The number of benzene rings is 1. The van der Waals surface area contributed by atoms with Crippen LogP contribution in [0.3, 0.4) is 0 Å². The molecule has 1 aromatic carbocycles. The Balaban J connectivity index is 1.80. The minimum absolute atomic E-state index is 0.0105. The molecule has 1 aliphatic rings. The summed E-state index contributed by atoms with van der Waals surface area (Å²) in [5.74, 6) is 0.590. The number of hydrogen-bond donors (Lipinski definition) is 2. The van der Waals surface area contributed by atoms with Gasteiger partial charge in [0, 0.05) is 29.6 Å². The smallest absolute Gasteiger partial charge is 0.251 e. The van der Waals surface area contributed by atoms with E-state index in [1.807, 2.05) is 24.3 Å². The van der Waals surface area contributed by atoms with E-state index in [-0.39, 0.29) is 5.91 Å². The van der Waals surface area contributed by atoms with Crippen molar-refractivity contribution in [2.24, 2.45) is 5.92 Å². The Bertz CT molecular complexity index is 430. The third kappa shape index (κ3) is 3.98. The molecule has 0 spiro atoms. The Morgan fingerprint density at radius 3 is 2.68 bits per heavy atom. The van der Waals surface area contributed by atoms with Gasteiger partial charge in [-0.2, -0.15) is 0 Å². The fourth-order valence-electron chi connectivity index (χ4n) is 2.45. The van der Waals surface area contributed by atoms with Crippen LogP contribution in [0.5, 0.6) is 0 Å². The maximum Gasteiger partial charge on any atom is 0.251 e. The SMILES string of the molecule is CC(C)N1CCC(CNC(=O)c2ccc(S)cc2)C1. The van der Waals surface area contributed by atoms with Crippen molar-refractivity contribution >= 4 is 18.5 Å². The van der Waals surface area contributed by atoms with Crippen molar-refractivity contribution in [3.63, 3.8) is 0 Å². The molecule has 1 atom stereocenters. The Morgan fingerprint density at radius 1 is 1.42 bits per heavy atom. The first kappa shape index (κ1) is 14.4. The first-order valence-electron chi connectivity index (χ1n) is 6.87. The molecule has 19 heavy (non-hydrogen) atoms. The number of carbonyl (C=O) groups excluding carboxylic acids is 1. The van der Waals surface area contributed by atoms with Crippen molar-refractivity contribution in [3.8, 4) is 0 Å². The predicted octanol–water partition coefficient (Wildman–Crippen LogP) is 2.44. The van der Waals surface area contributed by atoms with E-state index in [2.05, 4.69) is 36.7 Å². The van der Waals surface area contributed by atoms with E-state index in [1.165, 1.54) is 6.42 Å². The minimum atomic E-state index is 0.0105. The van der Waals surface area contributed by atoms with E-state index < -0.39 is 0 Å². The zero-order valence-electron chi connectivity index (χ0n) is 11.6. The molecule has 0 bridgehead atoms. The normalized spacial score (nSPS) is 19.9. The highest BCUT2D eigenvalue weighted by molar-refractivity contribution is 7.80. The Kier molecular flexibility index (Phi) is 4.88. The number of likely N-dealkylation sites (tertiary alicyclic amines) is 1. The van der Waals surface area contributed by atoms with Gasteiger partial charge in [0.25, 0.3) is 5.91 Å². The summed E-state index contributed by atoms with van der Waals surface area (Å²) < 4.78 is 0. The van der Waals surface area contributed by atoms with Crippen LogP contribution in [0, 0.1) is 5.92 Å². The summed E-state index contributed by atoms with van der Waals surface area (Å²) in [6.07, 6.45) is 1.17. The van der Waals surface area contributed by atoms with Gasteiger partial charge in [0.1, 0.15) is 0 Å². The molecule has 1 fully saturated rings. The summed E-state index contributed by atoms with van der Waals surface area (Å²) >= 11 is 4.22. The Hall–Kier alpha value is -1.00. The zero-order valence-corrected chi connectivity index (χ0v) is 12.5. The van der Waals surface area contributed by atoms with Crippen molar-refractivity contribution in [2.75, 3.05) is 19.6 Å². The number of nitrogens with one attached hydrogen (secondary N) is 1. The lowest BCUT2D eigenvalue weighted by Crippen LogP contribution is -2.32. The van der Waals surface area contributed by atoms with E-state index in [9.17, 15) is 4.79 Å². The third-order valence-corrected chi connectivity index (χ3v) is 4.03. The predicted molar refractivity (Wildman–Crippen MR) is 80.8 cm³/mol. The molecule has 4 heteroatoms. The summed E-state index contributed by atoms with van der Waals surface area (Å²) in [6.45, 7) is 7.45. The van der Waals surface area contributed by atoms with Crippen molar-refractivity contribution in [3.05, 3.63) is 29.8 Å². The van der Waals surface area contributed by atoms with Crippen LogP contribution in [0.25, 0.3) is 0 Å². The van der Waals surface area contributed by atoms with Gasteiger partial charge in [-0.1, -0.05) is 0 Å². The maximum atomic E-state index is 12.0. The van der Waals surface area contributed by atoms with E-state index in [0.717, 1.165) is 24.5 Å². The largest absolute Gasteiger partial charge is 0.352 e. The fourth-order valence-corrected chi connectivity index (χ4v) is 2.60. The fraction of sp³-hybridized carbons (Fsp3) is 0.533. The average molecular weight is 278 g/mol. The van der Waals surface area contributed by atoms with E-state index in [4.69, 9.17) is 0 Å². The maximum absolute atomic E-state index is 12.0. The van der Waals surface area contributed by atoms with Crippen LogP contribution in [0.2, 0.25) is 0 Å². The highest BCUT2D eigenvalue weighted by Crippen LogP contribution is 2.17. The van der Waals surface area contributed by atoms with Gasteiger partial charge < -0.3 is 10.2 Å². The molecule has 0 aliphatic carbocycles. The minimum Gasteiger partial charge on any atom is -0.352 e. The lowest BCUT2D eigenvalue weighted by atomic mass is 10.1. The highest BCUT2D eigenvalue weighted by Gasteiger charge is 2.24. The molecule has 1 amide bonds. The van der Waals surface area contributed by atoms with Gasteiger partial charge in [-0.25, -0.2) is 0 Å². The van der Waals surface area contributed by atoms with Crippen molar-refractivity contribution in [2.45, 2.75) is 31.2 Å². The monoisotopic (exact) mass is 278 g/mol. The molecule has 1 aliphatic heterocycles. The first-order chi connectivity index (χ1) is 9.06. The van der Waals surface area contributed by atoms with Gasteiger partial charge in [-0.15, -0.1) is 12.6 Å². The topological polar surface area (TPSA) is 32.3 Å². The summed E-state index contributed by atoms with van der Waals surface area (Å²) in [4.78, 5) is 15.3. The van der Waals surface area contributed by atoms with Crippen molar-refractivity contribution in [1.82, 2.24) is 10.2 Å². The summed E-state index contributed by atoms with van der Waals surface area (Å²) in [6, 6.07) is 7.91. The van der Waals surface area contributed by atoms with Crippen LogP contribution in [0.1, 0.15) is 30.6 Å². The summed E-state index contributed by atoms with van der Waals surface area (Å²) in [5, 5.41) is 3.03. The van der Waals surface area contributed by atoms with E-state index >= 15 is 0 Å². The lowest BCUT2D eigenvalue weighted by molar-refractivity contribution is 0.0947. The number of thiol groups is 1. The molecular weight excluding hydrogens is 256 g/mol. The standard InChI is InChI=1S/C15H22N2OS/c1-11(2)17-8-7-12(10-17)9-16-15(18)13-3-5-14(19)6-4-13/h3-6,11-12,19H,7-10H2,1-2H3,(H,16,18). The molecule has 3 nitrogen and oxygen atoms in total. The second kappa shape index (κ2) is 6.44. The van der Waals surface area contributed by atoms with Crippen LogP contribution in [0.15, 0.2) is 29.2 Å². The number of nitrogens with zero attached hydrogens (tertiary/aromatic N) is 1. The second-order valence-electron chi connectivity index (χ2n) is 5.50. The van der Waals surface area contributed by atoms with Gasteiger partial charge in [-0.3, -0.25) is 4.79 Å². The van der Waals surface area contributed by atoms with Crippen LogP contribution in [0.4, 0.5) is 0 Å². The van der Waals surface area contributed by atoms with E-state index in [0.29, 0.717) is 17.5 Å². The number of amides is 1. The number of hydrogen-bond acceptors (Lipinski definition) is 3. The van der Waals surface area contributed by atoms with Crippen LogP contribution in [-0.2, 0) is 0 Å². The number of rotatable bonds is 4. The van der Waals surface area contributed by atoms with Crippen molar-refractivity contribution in [1.29, 1.82) is 0 Å². The van der Waals surface area contributed by atoms with Crippen LogP contribution >= 0.6 is 12.6 Å². The van der Waals surface area contributed by atoms with Gasteiger partial charge in [-0.05, 0) is 57.0 Å². The first-order valence-corrected chi connectivity index (χ1v) is 7.32. The average Bonchev–Trinajstić information content (AvgIpc) is 2.86. The quantitative estimate of drug-likeness (QED) is 0.829. The number of carbonyl (C=O) groups is 1. The molecule has 1 N–H and O–H groups in total. The summed E-state index contributed by atoms with van der Waals surface area (Å²) in [5.41, 5.74) is 0.705. The molecule has 2 rings (SSSR count). The van der Waals surface area contributed by atoms with Gasteiger partial charge >= 0.3 is 0 Å². The second-order valence-corrected chi connectivity index (χ2v) is 6.02. The Morgan fingerprint density at radius 2 is 2.11 bits per heavy atom. The molecular formula is C15H22N2OS. The lowest BCUT2D eigenvalue weighted by Gasteiger charge is -2.20.